The Morgan fingerprint density at radius 3 is 1.93 bits per heavy atom. The van der Waals surface area contributed by atoms with Gasteiger partial charge >= 0.3 is 0 Å². The molecule has 3 N–H and O–H groups in total. The number of ketones is 2. The normalized spacial score (nSPS) is 11.3. The lowest BCUT2D eigenvalue weighted by Crippen LogP contribution is -2.22. The largest absolute Gasteiger partial charge is 0.352 e. The monoisotopic (exact) mass is 553 g/mol. The maximum atomic E-state index is 12.3. The number of rotatable bonds is 13. The quantitative estimate of drug-likeness (QED) is 0.0619. The molecule has 4 rings (SSSR count). The second-order valence-electron chi connectivity index (χ2n) is 10.2. The number of carbonyl (C=O) groups is 4. The smallest absolute Gasteiger partial charge is 0.267 e. The van der Waals surface area contributed by atoms with Crippen molar-refractivity contribution in [1.82, 2.24) is 15.4 Å². The molecule has 212 valence electrons. The Labute approximate surface area is 239 Å². The number of hydrogen-bond acceptors (Lipinski definition) is 5. The number of unbranched alkanes of at least 4 members (excludes halogenated alkanes) is 3. The summed E-state index contributed by atoms with van der Waals surface area (Å²) >= 11 is 0. The molecule has 0 saturated heterocycles. The minimum absolute atomic E-state index is 0.0110. The standard InChI is InChI=1S/C33H35N3O5/c1-22(37)26-13-15-30-28(19-26)29-20-27(23(2)38)14-16-31(29)36(30)18-6-4-3-5-7-32(39)34-21-25-10-8-24(9-11-25)12-17-33(40)35-41/h8-17,19-20,41H,3-7,18,21H2,1-2H3,(H,34,39)(H,35,40)/b17-12+. The Morgan fingerprint density at radius 2 is 1.37 bits per heavy atom. The van der Waals surface area contributed by atoms with Crippen LogP contribution in [0.15, 0.2) is 66.7 Å². The molecule has 0 spiro atoms. The third kappa shape index (κ3) is 7.55. The van der Waals surface area contributed by atoms with Gasteiger partial charge in [0.2, 0.25) is 5.91 Å². The zero-order valence-corrected chi connectivity index (χ0v) is 23.4. The molecule has 0 aliphatic heterocycles. The molecular weight excluding hydrogens is 518 g/mol. The number of nitrogens with one attached hydrogen (secondary N) is 2. The van der Waals surface area contributed by atoms with Crippen LogP contribution in [0.25, 0.3) is 27.9 Å². The average Bonchev–Trinajstić information content (AvgIpc) is 3.29. The summed E-state index contributed by atoms with van der Waals surface area (Å²) in [6.07, 6.45) is 6.96. The van der Waals surface area contributed by atoms with E-state index in [0.717, 1.165) is 65.2 Å². The van der Waals surface area contributed by atoms with Gasteiger partial charge in [-0.2, -0.15) is 0 Å². The van der Waals surface area contributed by atoms with Gasteiger partial charge < -0.3 is 9.88 Å². The average molecular weight is 554 g/mol. The van der Waals surface area contributed by atoms with Gasteiger partial charge in [0.15, 0.2) is 11.6 Å². The van der Waals surface area contributed by atoms with Crippen LogP contribution in [0.4, 0.5) is 0 Å². The van der Waals surface area contributed by atoms with Gasteiger partial charge in [0.25, 0.3) is 5.91 Å². The number of carbonyl (C=O) groups excluding carboxylic acids is 4. The first-order chi connectivity index (χ1) is 19.8. The van der Waals surface area contributed by atoms with Crippen LogP contribution in [0.5, 0.6) is 0 Å². The number of aromatic nitrogens is 1. The van der Waals surface area contributed by atoms with Crippen LogP contribution in [0.1, 0.15) is 77.8 Å². The number of hydroxylamine groups is 1. The lowest BCUT2D eigenvalue weighted by molar-refractivity contribution is -0.124. The molecule has 0 atom stereocenters. The zero-order chi connectivity index (χ0) is 29.4. The fourth-order valence-electron chi connectivity index (χ4n) is 4.94. The van der Waals surface area contributed by atoms with Crippen molar-refractivity contribution in [3.05, 3.63) is 89.0 Å². The number of aryl methyl sites for hydroxylation is 1. The van der Waals surface area contributed by atoms with Crippen molar-refractivity contribution in [2.45, 2.75) is 59.0 Å². The van der Waals surface area contributed by atoms with Gasteiger partial charge in [-0.1, -0.05) is 37.1 Å². The number of benzene rings is 3. The number of fused-ring (bicyclic) bond motifs is 3. The minimum Gasteiger partial charge on any atom is -0.352 e. The van der Waals surface area contributed by atoms with Gasteiger partial charge in [0.05, 0.1) is 0 Å². The topological polar surface area (TPSA) is 118 Å². The van der Waals surface area contributed by atoms with E-state index in [-0.39, 0.29) is 17.5 Å². The Bertz CT molecular complexity index is 1540. The van der Waals surface area contributed by atoms with E-state index in [2.05, 4.69) is 9.88 Å². The fourth-order valence-corrected chi connectivity index (χ4v) is 4.94. The second-order valence-corrected chi connectivity index (χ2v) is 10.2. The summed E-state index contributed by atoms with van der Waals surface area (Å²) in [4.78, 5) is 47.4. The molecule has 8 heteroatoms. The highest BCUT2D eigenvalue weighted by Gasteiger charge is 2.14. The van der Waals surface area contributed by atoms with E-state index in [4.69, 9.17) is 5.21 Å². The maximum absolute atomic E-state index is 12.3. The van der Waals surface area contributed by atoms with Crippen LogP contribution in [0, 0.1) is 0 Å². The van der Waals surface area contributed by atoms with Gasteiger partial charge in [-0.05, 0) is 80.3 Å². The van der Waals surface area contributed by atoms with Crippen LogP contribution >= 0.6 is 0 Å². The molecule has 0 bridgehead atoms. The highest BCUT2D eigenvalue weighted by Crippen LogP contribution is 2.31. The molecule has 0 aliphatic carbocycles. The summed E-state index contributed by atoms with van der Waals surface area (Å²) < 4.78 is 2.26. The summed E-state index contributed by atoms with van der Waals surface area (Å²) in [5, 5.41) is 13.4. The highest BCUT2D eigenvalue weighted by molar-refractivity contribution is 6.12. The third-order valence-electron chi connectivity index (χ3n) is 7.22. The van der Waals surface area contributed by atoms with E-state index in [9.17, 15) is 19.2 Å². The second kappa shape index (κ2) is 13.7. The van der Waals surface area contributed by atoms with Gasteiger partial charge in [-0.3, -0.25) is 24.4 Å². The molecule has 1 heterocycles. The van der Waals surface area contributed by atoms with Gasteiger partial charge in [-0.15, -0.1) is 0 Å². The first-order valence-corrected chi connectivity index (χ1v) is 13.8. The summed E-state index contributed by atoms with van der Waals surface area (Å²) in [7, 11) is 0. The van der Waals surface area contributed by atoms with Crippen molar-refractivity contribution >= 4 is 51.3 Å². The molecule has 1 aromatic heterocycles. The molecule has 0 saturated carbocycles. The molecule has 0 radical (unpaired) electrons. The Hall–Kier alpha value is -4.56. The fraction of sp³-hybridized carbons (Fsp3) is 0.273. The van der Waals surface area contributed by atoms with Crippen LogP contribution in [-0.4, -0.2) is 33.2 Å². The lowest BCUT2D eigenvalue weighted by atomic mass is 10.0. The number of Topliss-reactive ketones (excluding diaryl/α,β-unsaturated/α-hetero) is 2. The number of nitrogens with zero attached hydrogens (tertiary/aromatic N) is 1. The van der Waals surface area contributed by atoms with E-state index in [1.54, 1.807) is 25.4 Å². The Morgan fingerprint density at radius 1 is 0.780 bits per heavy atom. The predicted octanol–water partition coefficient (Wildman–Crippen LogP) is 5.99. The zero-order valence-electron chi connectivity index (χ0n) is 23.4. The summed E-state index contributed by atoms with van der Waals surface area (Å²) in [6.45, 7) is 4.36. The lowest BCUT2D eigenvalue weighted by Gasteiger charge is -2.09. The predicted molar refractivity (Wildman–Crippen MR) is 160 cm³/mol. The Balaban J connectivity index is 1.26. The van der Waals surface area contributed by atoms with Crippen molar-refractivity contribution in [2.24, 2.45) is 0 Å². The molecule has 0 fully saturated rings. The maximum Gasteiger partial charge on any atom is 0.267 e. The molecule has 4 aromatic rings. The van der Waals surface area contributed by atoms with Crippen molar-refractivity contribution < 1.29 is 24.4 Å². The third-order valence-corrected chi connectivity index (χ3v) is 7.22. The van der Waals surface area contributed by atoms with E-state index in [1.165, 1.54) is 6.08 Å². The highest BCUT2D eigenvalue weighted by atomic mass is 16.5. The molecule has 0 unspecified atom stereocenters. The minimum atomic E-state index is -0.596. The van der Waals surface area contributed by atoms with Crippen LogP contribution in [0.2, 0.25) is 0 Å². The molecule has 3 aromatic carbocycles. The van der Waals surface area contributed by atoms with Gasteiger partial charge in [-0.25, -0.2) is 5.48 Å². The van der Waals surface area contributed by atoms with Crippen LogP contribution < -0.4 is 10.8 Å². The van der Waals surface area contributed by atoms with E-state index >= 15 is 0 Å². The van der Waals surface area contributed by atoms with Crippen LogP contribution in [0.3, 0.4) is 0 Å². The van der Waals surface area contributed by atoms with Crippen molar-refractivity contribution in [3.63, 3.8) is 0 Å². The van der Waals surface area contributed by atoms with Gasteiger partial charge in [0.1, 0.15) is 0 Å². The molecule has 0 aliphatic rings. The summed E-state index contributed by atoms with van der Waals surface area (Å²) in [5.41, 5.74) is 6.71. The SMILES string of the molecule is CC(=O)c1ccc2c(c1)c1cc(C(C)=O)ccc1n2CCCCCCC(=O)NCc1ccc(/C=C/C(=O)NO)cc1. The Kier molecular flexibility index (Phi) is 9.81. The first kappa shape index (κ1) is 29.4. The van der Waals surface area contributed by atoms with E-state index < -0.39 is 5.91 Å². The molecule has 41 heavy (non-hydrogen) atoms. The first-order valence-electron chi connectivity index (χ1n) is 13.8. The molecular formula is C33H35N3O5. The molecule has 8 nitrogen and oxygen atoms in total. The number of hydrogen-bond donors (Lipinski definition) is 3. The van der Waals surface area contributed by atoms with Crippen molar-refractivity contribution in [1.29, 1.82) is 0 Å². The van der Waals surface area contributed by atoms with Crippen molar-refractivity contribution in [3.8, 4) is 0 Å². The van der Waals surface area contributed by atoms with E-state index in [0.29, 0.717) is 24.1 Å². The number of amides is 2. The van der Waals surface area contributed by atoms with Gasteiger partial charge in [0, 0.05) is 58.5 Å². The van der Waals surface area contributed by atoms with Crippen LogP contribution in [-0.2, 0) is 22.7 Å². The van der Waals surface area contributed by atoms with Crippen molar-refractivity contribution in [2.75, 3.05) is 0 Å². The summed E-state index contributed by atoms with van der Waals surface area (Å²) in [5.74, 6) is -0.561. The van der Waals surface area contributed by atoms with E-state index in [1.807, 2.05) is 60.7 Å². The molecule has 2 amide bonds. The summed E-state index contributed by atoms with van der Waals surface area (Å²) in [6, 6.07) is 19.0.